The van der Waals surface area contributed by atoms with Crippen LogP contribution in [0, 0.1) is 13.8 Å². The minimum Gasteiger partial charge on any atom is -0.493 e. The Labute approximate surface area is 118 Å². The maximum Gasteiger partial charge on any atom is 0.193 e. The molecular weight excluding hydrogens is 254 g/mol. The Morgan fingerprint density at radius 2 is 1.50 bits per heavy atom. The standard InChI is InChI=1S/C16H17NO3/c1-10-7-13(8-11(2)17-10)16(18)12-5-6-14(19-3)15(9-12)20-4/h5-9H,1-4H3. The van der Waals surface area contributed by atoms with Gasteiger partial charge in [0.25, 0.3) is 0 Å². The van der Waals surface area contributed by atoms with E-state index in [2.05, 4.69) is 4.98 Å². The number of rotatable bonds is 4. The fourth-order valence-corrected chi connectivity index (χ4v) is 2.11. The molecular formula is C16H17NO3. The molecule has 2 rings (SSSR count). The van der Waals surface area contributed by atoms with Crippen LogP contribution in [0.4, 0.5) is 0 Å². The first-order chi connectivity index (χ1) is 9.55. The molecule has 0 unspecified atom stereocenters. The third kappa shape index (κ3) is 2.79. The number of benzene rings is 1. The summed E-state index contributed by atoms with van der Waals surface area (Å²) in [7, 11) is 3.11. The molecule has 0 spiro atoms. The van der Waals surface area contributed by atoms with Gasteiger partial charge in [0.15, 0.2) is 17.3 Å². The first-order valence-electron chi connectivity index (χ1n) is 6.27. The zero-order valence-electron chi connectivity index (χ0n) is 12.1. The first kappa shape index (κ1) is 14.1. The number of carbonyl (C=O) groups excluding carboxylic acids is 1. The lowest BCUT2D eigenvalue weighted by atomic mass is 10.0. The smallest absolute Gasteiger partial charge is 0.193 e. The van der Waals surface area contributed by atoms with Crippen LogP contribution in [0.5, 0.6) is 11.5 Å². The molecule has 0 aliphatic carbocycles. The summed E-state index contributed by atoms with van der Waals surface area (Å²) in [6.07, 6.45) is 0. The van der Waals surface area contributed by atoms with E-state index in [1.807, 2.05) is 13.8 Å². The van der Waals surface area contributed by atoms with Gasteiger partial charge in [-0.15, -0.1) is 0 Å². The number of methoxy groups -OCH3 is 2. The van der Waals surface area contributed by atoms with Gasteiger partial charge in [0.05, 0.1) is 14.2 Å². The number of aromatic nitrogens is 1. The lowest BCUT2D eigenvalue weighted by Gasteiger charge is -2.09. The Morgan fingerprint density at radius 1 is 0.900 bits per heavy atom. The Balaban J connectivity index is 2.42. The number of ether oxygens (including phenoxy) is 2. The quantitative estimate of drug-likeness (QED) is 0.802. The second-order valence-corrected chi connectivity index (χ2v) is 4.54. The summed E-state index contributed by atoms with van der Waals surface area (Å²) in [4.78, 5) is 16.8. The van der Waals surface area contributed by atoms with Crippen molar-refractivity contribution >= 4 is 5.78 Å². The van der Waals surface area contributed by atoms with Crippen molar-refractivity contribution < 1.29 is 14.3 Å². The third-order valence-electron chi connectivity index (χ3n) is 2.99. The van der Waals surface area contributed by atoms with Crippen molar-refractivity contribution in [2.24, 2.45) is 0 Å². The van der Waals surface area contributed by atoms with Gasteiger partial charge in [0.1, 0.15) is 0 Å². The highest BCUT2D eigenvalue weighted by atomic mass is 16.5. The summed E-state index contributed by atoms with van der Waals surface area (Å²) in [6.45, 7) is 3.75. The van der Waals surface area contributed by atoms with Crippen LogP contribution in [0.25, 0.3) is 0 Å². The lowest BCUT2D eigenvalue weighted by molar-refractivity contribution is 0.103. The van der Waals surface area contributed by atoms with Crippen molar-refractivity contribution in [3.8, 4) is 11.5 Å². The van der Waals surface area contributed by atoms with Gasteiger partial charge in [-0.2, -0.15) is 0 Å². The number of ketones is 1. The minimum atomic E-state index is -0.0560. The lowest BCUT2D eigenvalue weighted by Crippen LogP contribution is -2.04. The molecule has 0 bridgehead atoms. The average Bonchev–Trinajstić information content (AvgIpc) is 2.44. The summed E-state index contributed by atoms with van der Waals surface area (Å²) in [5.41, 5.74) is 2.84. The number of pyridine rings is 1. The molecule has 0 saturated heterocycles. The van der Waals surface area contributed by atoms with Crippen molar-refractivity contribution in [3.05, 3.63) is 52.8 Å². The van der Waals surface area contributed by atoms with Crippen molar-refractivity contribution in [2.75, 3.05) is 14.2 Å². The molecule has 0 atom stereocenters. The van der Waals surface area contributed by atoms with E-state index in [1.54, 1.807) is 44.6 Å². The second kappa shape index (κ2) is 5.74. The maximum atomic E-state index is 12.5. The van der Waals surface area contributed by atoms with Crippen molar-refractivity contribution in [3.63, 3.8) is 0 Å². The van der Waals surface area contributed by atoms with E-state index >= 15 is 0 Å². The predicted octanol–water partition coefficient (Wildman–Crippen LogP) is 2.95. The van der Waals surface area contributed by atoms with Gasteiger partial charge in [0.2, 0.25) is 0 Å². The van der Waals surface area contributed by atoms with Crippen LogP contribution in [0.1, 0.15) is 27.3 Å². The monoisotopic (exact) mass is 271 g/mol. The van der Waals surface area contributed by atoms with Crippen molar-refractivity contribution in [1.29, 1.82) is 0 Å². The van der Waals surface area contributed by atoms with Gasteiger partial charge in [-0.05, 0) is 44.2 Å². The van der Waals surface area contributed by atoms with Crippen LogP contribution < -0.4 is 9.47 Å². The Morgan fingerprint density at radius 3 is 2.05 bits per heavy atom. The summed E-state index contributed by atoms with van der Waals surface area (Å²) >= 11 is 0. The molecule has 0 aliphatic heterocycles. The van der Waals surface area contributed by atoms with E-state index in [-0.39, 0.29) is 5.78 Å². The number of carbonyl (C=O) groups is 1. The number of hydrogen-bond acceptors (Lipinski definition) is 4. The van der Waals surface area contributed by atoms with Gasteiger partial charge in [-0.25, -0.2) is 0 Å². The largest absolute Gasteiger partial charge is 0.493 e. The van der Waals surface area contributed by atoms with E-state index in [1.165, 1.54) is 0 Å². The topological polar surface area (TPSA) is 48.4 Å². The number of aryl methyl sites for hydroxylation is 2. The van der Waals surface area contributed by atoms with Gasteiger partial charge >= 0.3 is 0 Å². The van der Waals surface area contributed by atoms with Crippen molar-refractivity contribution in [2.45, 2.75) is 13.8 Å². The van der Waals surface area contributed by atoms with E-state index in [0.29, 0.717) is 22.6 Å². The van der Waals surface area contributed by atoms with Crippen LogP contribution >= 0.6 is 0 Å². The van der Waals surface area contributed by atoms with Crippen molar-refractivity contribution in [1.82, 2.24) is 4.98 Å². The molecule has 0 fully saturated rings. The van der Waals surface area contributed by atoms with Crippen LogP contribution in [0.3, 0.4) is 0 Å². The van der Waals surface area contributed by atoms with E-state index in [0.717, 1.165) is 11.4 Å². The van der Waals surface area contributed by atoms with Crippen LogP contribution in [-0.4, -0.2) is 25.0 Å². The van der Waals surface area contributed by atoms with Gasteiger partial charge in [0, 0.05) is 22.5 Å². The first-order valence-corrected chi connectivity index (χ1v) is 6.27. The molecule has 2 aromatic rings. The molecule has 0 radical (unpaired) electrons. The second-order valence-electron chi connectivity index (χ2n) is 4.54. The van der Waals surface area contributed by atoms with Crippen LogP contribution in [0.2, 0.25) is 0 Å². The molecule has 1 aromatic carbocycles. The molecule has 0 amide bonds. The van der Waals surface area contributed by atoms with E-state index < -0.39 is 0 Å². The summed E-state index contributed by atoms with van der Waals surface area (Å²) in [5, 5.41) is 0. The van der Waals surface area contributed by atoms with E-state index in [9.17, 15) is 4.79 Å². The van der Waals surface area contributed by atoms with Crippen LogP contribution in [0.15, 0.2) is 30.3 Å². The van der Waals surface area contributed by atoms with Gasteiger partial charge in [-0.3, -0.25) is 9.78 Å². The van der Waals surface area contributed by atoms with Gasteiger partial charge in [-0.1, -0.05) is 0 Å². The Hall–Kier alpha value is -2.36. The Bertz CT molecular complexity index is 630. The third-order valence-corrected chi connectivity index (χ3v) is 2.99. The molecule has 0 aliphatic rings. The predicted molar refractivity (Wildman–Crippen MR) is 76.7 cm³/mol. The Kier molecular flexibility index (Phi) is 4.03. The highest BCUT2D eigenvalue weighted by Crippen LogP contribution is 2.28. The van der Waals surface area contributed by atoms with E-state index in [4.69, 9.17) is 9.47 Å². The summed E-state index contributed by atoms with van der Waals surface area (Å²) in [5.74, 6) is 1.09. The molecule has 1 aromatic heterocycles. The maximum absolute atomic E-state index is 12.5. The zero-order chi connectivity index (χ0) is 14.7. The molecule has 1 heterocycles. The normalized spacial score (nSPS) is 10.2. The molecule has 104 valence electrons. The SMILES string of the molecule is COc1ccc(C(=O)c2cc(C)nc(C)c2)cc1OC. The molecule has 0 N–H and O–H groups in total. The minimum absolute atomic E-state index is 0.0560. The molecule has 4 heteroatoms. The van der Waals surface area contributed by atoms with Gasteiger partial charge < -0.3 is 9.47 Å². The molecule has 0 saturated carbocycles. The zero-order valence-corrected chi connectivity index (χ0v) is 12.1. The molecule has 4 nitrogen and oxygen atoms in total. The number of nitrogens with zero attached hydrogens (tertiary/aromatic N) is 1. The highest BCUT2D eigenvalue weighted by molar-refractivity contribution is 6.09. The molecule has 20 heavy (non-hydrogen) atoms. The average molecular weight is 271 g/mol. The summed E-state index contributed by atoms with van der Waals surface area (Å²) < 4.78 is 10.4. The summed E-state index contributed by atoms with van der Waals surface area (Å²) in [6, 6.07) is 8.71. The highest BCUT2D eigenvalue weighted by Gasteiger charge is 2.13. The fraction of sp³-hybridized carbons (Fsp3) is 0.250. The fourth-order valence-electron chi connectivity index (χ4n) is 2.11. The number of hydrogen-bond donors (Lipinski definition) is 0. The van der Waals surface area contributed by atoms with Crippen LogP contribution in [-0.2, 0) is 0 Å².